The lowest BCUT2D eigenvalue weighted by Gasteiger charge is -2.20. The number of hydrogen-bond acceptors (Lipinski definition) is 6. The second-order valence-corrected chi connectivity index (χ2v) is 4.28. The van der Waals surface area contributed by atoms with Crippen LogP contribution in [0.25, 0.3) is 0 Å². The lowest BCUT2D eigenvalue weighted by Crippen LogP contribution is -2.23. The topological polar surface area (TPSA) is 113 Å². The Hall–Kier alpha value is -2.12. The molecule has 7 heteroatoms. The van der Waals surface area contributed by atoms with Crippen LogP contribution in [-0.2, 0) is 9.53 Å². The average Bonchev–Trinajstić information content (AvgIpc) is 2.45. The van der Waals surface area contributed by atoms with Crippen molar-refractivity contribution in [1.29, 1.82) is 0 Å². The fraction of sp³-hybridized carbons (Fsp3) is 0.429. The molecule has 0 aliphatic carbocycles. The number of carboxylic acid groups (broad SMARTS) is 1. The number of aromatic carboxylic acids is 1. The Kier molecular flexibility index (Phi) is 6.13. The molecule has 1 aromatic rings. The van der Waals surface area contributed by atoms with Gasteiger partial charge in [0.25, 0.3) is 0 Å². The first-order valence-corrected chi connectivity index (χ1v) is 6.33. The first kappa shape index (κ1) is 16.9. The molecule has 1 rings (SSSR count). The summed E-state index contributed by atoms with van der Waals surface area (Å²) in [6.07, 6.45) is -3.15. The number of hydrogen-bond donors (Lipinski definition) is 3. The van der Waals surface area contributed by atoms with Gasteiger partial charge < -0.3 is 24.8 Å². The molecule has 0 amide bonds. The molecule has 1 aromatic carbocycles. The summed E-state index contributed by atoms with van der Waals surface area (Å²) in [6, 6.07) is 3.85. The van der Waals surface area contributed by atoms with Gasteiger partial charge in [0.2, 0.25) is 0 Å². The molecule has 116 valence electrons. The third kappa shape index (κ3) is 4.44. The van der Waals surface area contributed by atoms with E-state index in [1.807, 2.05) is 0 Å². The molecule has 0 aliphatic heterocycles. The van der Waals surface area contributed by atoms with Crippen molar-refractivity contribution in [3.8, 4) is 5.75 Å². The van der Waals surface area contributed by atoms with Gasteiger partial charge in [-0.25, -0.2) is 4.79 Å². The molecule has 3 N–H and O–H groups in total. The molecule has 0 saturated carbocycles. The highest BCUT2D eigenvalue weighted by molar-refractivity contribution is 5.88. The SMILES string of the molecule is CCOC(=O)CC(O)C(O)c1ccc(C(=O)O)cc1OC. The minimum Gasteiger partial charge on any atom is -0.496 e. The van der Waals surface area contributed by atoms with Crippen LogP contribution < -0.4 is 4.74 Å². The zero-order valence-corrected chi connectivity index (χ0v) is 11.8. The van der Waals surface area contributed by atoms with Crippen LogP contribution in [0.1, 0.15) is 35.4 Å². The predicted octanol–water partition coefficient (Wildman–Crippen LogP) is 0.741. The minimum atomic E-state index is -1.40. The Balaban J connectivity index is 2.93. The van der Waals surface area contributed by atoms with Gasteiger partial charge in [0.1, 0.15) is 11.9 Å². The maximum atomic E-state index is 11.3. The first-order valence-electron chi connectivity index (χ1n) is 6.33. The monoisotopic (exact) mass is 298 g/mol. The van der Waals surface area contributed by atoms with E-state index < -0.39 is 24.1 Å². The molecule has 0 spiro atoms. The molecule has 2 unspecified atom stereocenters. The van der Waals surface area contributed by atoms with Crippen molar-refractivity contribution in [3.05, 3.63) is 29.3 Å². The normalized spacial score (nSPS) is 13.3. The van der Waals surface area contributed by atoms with E-state index in [0.717, 1.165) is 0 Å². The van der Waals surface area contributed by atoms with Crippen LogP contribution in [0.4, 0.5) is 0 Å². The van der Waals surface area contributed by atoms with E-state index in [2.05, 4.69) is 4.74 Å². The van der Waals surface area contributed by atoms with Crippen molar-refractivity contribution in [2.75, 3.05) is 13.7 Å². The van der Waals surface area contributed by atoms with E-state index in [-0.39, 0.29) is 29.9 Å². The van der Waals surface area contributed by atoms with Gasteiger partial charge in [-0.3, -0.25) is 4.79 Å². The molecule has 0 aromatic heterocycles. The summed E-state index contributed by atoms with van der Waals surface area (Å²) in [5.41, 5.74) is 0.182. The molecule has 2 atom stereocenters. The smallest absolute Gasteiger partial charge is 0.335 e. The fourth-order valence-corrected chi connectivity index (χ4v) is 1.80. The van der Waals surface area contributed by atoms with Crippen LogP contribution in [0, 0.1) is 0 Å². The lowest BCUT2D eigenvalue weighted by atomic mass is 9.99. The number of carbonyl (C=O) groups excluding carboxylic acids is 1. The molecule has 0 saturated heterocycles. The number of aliphatic hydroxyl groups is 2. The van der Waals surface area contributed by atoms with Gasteiger partial charge in [-0.1, -0.05) is 6.07 Å². The van der Waals surface area contributed by atoms with Gasteiger partial charge in [-0.15, -0.1) is 0 Å². The van der Waals surface area contributed by atoms with Crippen LogP contribution in [0.3, 0.4) is 0 Å². The highest BCUT2D eigenvalue weighted by Gasteiger charge is 2.25. The maximum absolute atomic E-state index is 11.3. The summed E-state index contributed by atoms with van der Waals surface area (Å²) in [5, 5.41) is 28.8. The predicted molar refractivity (Wildman–Crippen MR) is 72.2 cm³/mol. The Morgan fingerprint density at radius 1 is 1.29 bits per heavy atom. The Labute approximate surface area is 121 Å². The lowest BCUT2D eigenvalue weighted by molar-refractivity contribution is -0.147. The number of methoxy groups -OCH3 is 1. The number of carboxylic acids is 1. The standard InChI is InChI=1S/C14H18O7/c1-3-21-12(16)7-10(15)13(17)9-5-4-8(14(18)19)6-11(9)20-2/h4-6,10,13,15,17H,3,7H2,1-2H3,(H,18,19). The quantitative estimate of drug-likeness (QED) is 0.636. The average molecular weight is 298 g/mol. The van der Waals surface area contributed by atoms with Crippen molar-refractivity contribution in [2.45, 2.75) is 25.6 Å². The molecule has 0 fully saturated rings. The van der Waals surface area contributed by atoms with Crippen LogP contribution in [0.2, 0.25) is 0 Å². The molecule has 0 aliphatic rings. The van der Waals surface area contributed by atoms with E-state index in [1.54, 1.807) is 6.92 Å². The largest absolute Gasteiger partial charge is 0.496 e. The van der Waals surface area contributed by atoms with Gasteiger partial charge in [-0.05, 0) is 19.1 Å². The number of benzene rings is 1. The summed E-state index contributed by atoms with van der Waals surface area (Å²) in [7, 11) is 1.31. The molecule has 0 heterocycles. The molecule has 21 heavy (non-hydrogen) atoms. The fourth-order valence-electron chi connectivity index (χ4n) is 1.80. The van der Waals surface area contributed by atoms with Gasteiger partial charge in [0, 0.05) is 5.56 Å². The van der Waals surface area contributed by atoms with E-state index in [9.17, 15) is 19.8 Å². The van der Waals surface area contributed by atoms with Crippen LogP contribution in [-0.4, -0.2) is 47.1 Å². The summed E-state index contributed by atoms with van der Waals surface area (Å²) < 4.78 is 9.70. The van der Waals surface area contributed by atoms with Crippen molar-refractivity contribution in [3.63, 3.8) is 0 Å². The zero-order chi connectivity index (χ0) is 16.0. The van der Waals surface area contributed by atoms with Gasteiger partial charge >= 0.3 is 11.9 Å². The molecular formula is C14H18O7. The van der Waals surface area contributed by atoms with Crippen molar-refractivity contribution < 1.29 is 34.4 Å². The van der Waals surface area contributed by atoms with Crippen molar-refractivity contribution >= 4 is 11.9 Å². The highest BCUT2D eigenvalue weighted by Crippen LogP contribution is 2.29. The Bertz CT molecular complexity index is 512. The second-order valence-electron chi connectivity index (χ2n) is 4.28. The number of rotatable bonds is 7. The van der Waals surface area contributed by atoms with Crippen molar-refractivity contribution in [1.82, 2.24) is 0 Å². The number of carbonyl (C=O) groups is 2. The zero-order valence-electron chi connectivity index (χ0n) is 11.8. The van der Waals surface area contributed by atoms with Crippen LogP contribution in [0.15, 0.2) is 18.2 Å². The van der Waals surface area contributed by atoms with Crippen LogP contribution in [0.5, 0.6) is 5.75 Å². The van der Waals surface area contributed by atoms with Crippen molar-refractivity contribution in [2.24, 2.45) is 0 Å². The summed E-state index contributed by atoms with van der Waals surface area (Å²) >= 11 is 0. The minimum absolute atomic E-state index is 0.0114. The number of esters is 1. The van der Waals surface area contributed by atoms with Gasteiger partial charge in [0.15, 0.2) is 0 Å². The van der Waals surface area contributed by atoms with Gasteiger partial charge in [0.05, 0.1) is 31.8 Å². The number of ether oxygens (including phenoxy) is 2. The Morgan fingerprint density at radius 3 is 2.48 bits per heavy atom. The molecular weight excluding hydrogens is 280 g/mol. The molecule has 7 nitrogen and oxygen atoms in total. The summed E-state index contributed by atoms with van der Waals surface area (Å²) in [6.45, 7) is 1.81. The molecule has 0 radical (unpaired) electrons. The summed E-state index contributed by atoms with van der Waals surface area (Å²) in [4.78, 5) is 22.2. The maximum Gasteiger partial charge on any atom is 0.335 e. The van der Waals surface area contributed by atoms with E-state index in [4.69, 9.17) is 9.84 Å². The van der Waals surface area contributed by atoms with Crippen LogP contribution >= 0.6 is 0 Å². The second kappa shape index (κ2) is 7.61. The highest BCUT2D eigenvalue weighted by atomic mass is 16.5. The van der Waals surface area contributed by atoms with E-state index in [0.29, 0.717) is 0 Å². The third-order valence-electron chi connectivity index (χ3n) is 2.84. The molecule has 0 bridgehead atoms. The van der Waals surface area contributed by atoms with Gasteiger partial charge in [-0.2, -0.15) is 0 Å². The van der Waals surface area contributed by atoms with E-state index in [1.165, 1.54) is 25.3 Å². The number of aliphatic hydroxyl groups excluding tert-OH is 2. The van der Waals surface area contributed by atoms with E-state index >= 15 is 0 Å². The first-order chi connectivity index (χ1) is 9.90. The third-order valence-corrected chi connectivity index (χ3v) is 2.84. The Morgan fingerprint density at radius 2 is 1.95 bits per heavy atom. The summed E-state index contributed by atoms with van der Waals surface area (Å²) in [5.74, 6) is -1.66.